The van der Waals surface area contributed by atoms with Crippen molar-refractivity contribution in [1.29, 1.82) is 0 Å². The van der Waals surface area contributed by atoms with Crippen molar-refractivity contribution in [2.24, 2.45) is 0 Å². The molecule has 1 aliphatic rings. The van der Waals surface area contributed by atoms with E-state index in [0.29, 0.717) is 0 Å². The molecule has 0 amide bonds. The maximum absolute atomic E-state index is 6.37. The smallest absolute Gasteiger partial charge is 0.0952 e. The second kappa shape index (κ2) is 9.18. The van der Waals surface area contributed by atoms with Crippen molar-refractivity contribution in [3.63, 3.8) is 0 Å². The second-order valence-electron chi connectivity index (χ2n) is 6.88. The van der Waals surface area contributed by atoms with Crippen molar-refractivity contribution in [3.8, 4) is 11.1 Å². The summed E-state index contributed by atoms with van der Waals surface area (Å²) in [7, 11) is 0. The highest BCUT2D eigenvalue weighted by Crippen LogP contribution is 2.29. The van der Waals surface area contributed by atoms with Gasteiger partial charge in [-0.05, 0) is 35.8 Å². The minimum Gasteiger partial charge on any atom is -0.371 e. The van der Waals surface area contributed by atoms with Crippen molar-refractivity contribution in [2.45, 2.75) is 19.6 Å². The number of ether oxygens (including phenoxy) is 1. The number of morpholine rings is 1. The van der Waals surface area contributed by atoms with Gasteiger partial charge in [0.25, 0.3) is 0 Å². The van der Waals surface area contributed by atoms with Gasteiger partial charge in [0.1, 0.15) is 0 Å². The zero-order valence-electron chi connectivity index (χ0n) is 15.8. The quantitative estimate of drug-likeness (QED) is 0.587. The lowest BCUT2D eigenvalue weighted by atomic mass is 10.0. The predicted octanol–water partition coefficient (Wildman–Crippen LogP) is 5.81. The first-order valence-electron chi connectivity index (χ1n) is 9.25. The van der Waals surface area contributed by atoms with E-state index in [9.17, 15) is 0 Å². The average Bonchev–Trinajstić information content (AvgIpc) is 2.69. The summed E-state index contributed by atoms with van der Waals surface area (Å²) in [6.07, 6.45) is 5.67. The number of hydrogen-bond donors (Lipinski definition) is 0. The zero-order chi connectivity index (χ0) is 19.2. The second-order valence-corrected chi connectivity index (χ2v) is 7.29. The Morgan fingerprint density at radius 1 is 1.22 bits per heavy atom. The van der Waals surface area contributed by atoms with Crippen molar-refractivity contribution < 1.29 is 4.74 Å². The SMILES string of the molecule is C=C/C=C(\C=C)[C@H]1CN(Cc2ccc(-c3cc(C)ccc3Cl)cc2)CCO1. The Labute approximate surface area is 167 Å². The molecular weight excluding hydrogens is 354 g/mol. The van der Waals surface area contributed by atoms with E-state index in [2.05, 4.69) is 55.3 Å². The normalized spacial score (nSPS) is 18.3. The van der Waals surface area contributed by atoms with Gasteiger partial charge in [-0.1, -0.05) is 78.9 Å². The highest BCUT2D eigenvalue weighted by Gasteiger charge is 2.22. The topological polar surface area (TPSA) is 12.5 Å². The van der Waals surface area contributed by atoms with E-state index in [1.807, 2.05) is 24.3 Å². The molecule has 27 heavy (non-hydrogen) atoms. The molecule has 1 heterocycles. The Morgan fingerprint density at radius 3 is 2.70 bits per heavy atom. The van der Waals surface area contributed by atoms with Crippen molar-refractivity contribution in [3.05, 3.63) is 95.6 Å². The minimum absolute atomic E-state index is 0.0552. The van der Waals surface area contributed by atoms with Crippen molar-refractivity contribution >= 4 is 11.6 Å². The van der Waals surface area contributed by atoms with E-state index in [0.717, 1.165) is 48.0 Å². The molecule has 0 N–H and O–H groups in total. The molecule has 3 heteroatoms. The monoisotopic (exact) mass is 379 g/mol. The third kappa shape index (κ3) is 4.98. The van der Waals surface area contributed by atoms with Crippen LogP contribution >= 0.6 is 11.6 Å². The van der Waals surface area contributed by atoms with Gasteiger partial charge in [0.15, 0.2) is 0 Å². The molecule has 1 fully saturated rings. The summed E-state index contributed by atoms with van der Waals surface area (Å²) >= 11 is 6.37. The Kier molecular flexibility index (Phi) is 6.68. The van der Waals surface area contributed by atoms with Gasteiger partial charge in [-0.3, -0.25) is 4.90 Å². The van der Waals surface area contributed by atoms with E-state index in [1.165, 1.54) is 11.1 Å². The molecule has 1 aliphatic heterocycles. The van der Waals surface area contributed by atoms with Gasteiger partial charge < -0.3 is 4.74 Å². The van der Waals surface area contributed by atoms with Crippen molar-refractivity contribution in [1.82, 2.24) is 4.90 Å². The molecule has 140 valence electrons. The average molecular weight is 380 g/mol. The third-order valence-corrected chi connectivity index (χ3v) is 5.19. The summed E-state index contributed by atoms with van der Waals surface area (Å²) in [6, 6.07) is 14.8. The number of aryl methyl sites for hydroxylation is 1. The summed E-state index contributed by atoms with van der Waals surface area (Å²) in [6.45, 7) is 13.2. The van der Waals surface area contributed by atoms with Gasteiger partial charge >= 0.3 is 0 Å². The molecule has 0 aliphatic carbocycles. The third-order valence-electron chi connectivity index (χ3n) is 4.86. The lowest BCUT2D eigenvalue weighted by Gasteiger charge is -2.33. The van der Waals surface area contributed by atoms with E-state index < -0.39 is 0 Å². The largest absolute Gasteiger partial charge is 0.371 e. The number of nitrogens with zero attached hydrogens (tertiary/aromatic N) is 1. The van der Waals surface area contributed by atoms with E-state index >= 15 is 0 Å². The van der Waals surface area contributed by atoms with Gasteiger partial charge in [-0.15, -0.1) is 0 Å². The first-order valence-corrected chi connectivity index (χ1v) is 9.63. The molecular formula is C24H26ClNO. The van der Waals surface area contributed by atoms with Crippen LogP contribution in [0.2, 0.25) is 5.02 Å². The van der Waals surface area contributed by atoms with E-state index in [4.69, 9.17) is 16.3 Å². The first kappa shape index (κ1) is 19.6. The summed E-state index contributed by atoms with van der Waals surface area (Å²) in [5.41, 5.74) is 5.81. The summed E-state index contributed by atoms with van der Waals surface area (Å²) in [5.74, 6) is 0. The lowest BCUT2D eigenvalue weighted by molar-refractivity contribution is -0.0106. The summed E-state index contributed by atoms with van der Waals surface area (Å²) in [4.78, 5) is 2.42. The van der Waals surface area contributed by atoms with Crippen LogP contribution in [0.1, 0.15) is 11.1 Å². The molecule has 2 aromatic carbocycles. The number of benzene rings is 2. The fourth-order valence-corrected chi connectivity index (χ4v) is 3.63. The molecule has 0 bridgehead atoms. The van der Waals surface area contributed by atoms with E-state index in [-0.39, 0.29) is 6.10 Å². The number of allylic oxidation sites excluding steroid dienone is 2. The zero-order valence-corrected chi connectivity index (χ0v) is 16.6. The Bertz CT molecular complexity index is 838. The first-order chi connectivity index (χ1) is 13.1. The van der Waals surface area contributed by atoms with Gasteiger partial charge in [0.05, 0.1) is 12.7 Å². The molecule has 0 radical (unpaired) electrons. The van der Waals surface area contributed by atoms with Crippen LogP contribution in [0.25, 0.3) is 11.1 Å². The molecule has 1 atom stereocenters. The molecule has 0 unspecified atom stereocenters. The number of rotatable bonds is 6. The van der Waals surface area contributed by atoms with Crippen LogP contribution in [0.3, 0.4) is 0 Å². The van der Waals surface area contributed by atoms with Crippen LogP contribution in [0.5, 0.6) is 0 Å². The Balaban J connectivity index is 1.69. The molecule has 1 saturated heterocycles. The van der Waals surface area contributed by atoms with Gasteiger partial charge in [0.2, 0.25) is 0 Å². The number of halogens is 1. The molecule has 3 rings (SSSR count). The highest BCUT2D eigenvalue weighted by atomic mass is 35.5. The number of hydrogen-bond acceptors (Lipinski definition) is 2. The summed E-state index contributed by atoms with van der Waals surface area (Å²) < 4.78 is 5.91. The molecule has 2 aromatic rings. The maximum atomic E-state index is 6.37. The maximum Gasteiger partial charge on any atom is 0.0952 e. The van der Waals surface area contributed by atoms with Gasteiger partial charge in [-0.2, -0.15) is 0 Å². The van der Waals surface area contributed by atoms with Crippen LogP contribution in [0.4, 0.5) is 0 Å². The molecule has 0 saturated carbocycles. The van der Waals surface area contributed by atoms with Crippen LogP contribution in [-0.4, -0.2) is 30.7 Å². The lowest BCUT2D eigenvalue weighted by Crippen LogP contribution is -2.42. The fraction of sp³-hybridized carbons (Fsp3) is 0.250. The highest BCUT2D eigenvalue weighted by molar-refractivity contribution is 6.33. The van der Waals surface area contributed by atoms with Crippen molar-refractivity contribution in [2.75, 3.05) is 19.7 Å². The van der Waals surface area contributed by atoms with E-state index in [1.54, 1.807) is 6.08 Å². The predicted molar refractivity (Wildman–Crippen MR) is 115 cm³/mol. The molecule has 2 nitrogen and oxygen atoms in total. The van der Waals surface area contributed by atoms with Crippen LogP contribution < -0.4 is 0 Å². The summed E-state index contributed by atoms with van der Waals surface area (Å²) in [5, 5.41) is 0.787. The van der Waals surface area contributed by atoms with Gasteiger partial charge in [0, 0.05) is 30.2 Å². The van der Waals surface area contributed by atoms with Gasteiger partial charge in [-0.25, -0.2) is 0 Å². The Hall–Kier alpha value is -2.13. The van der Waals surface area contributed by atoms with Crippen LogP contribution in [0, 0.1) is 6.92 Å². The van der Waals surface area contributed by atoms with Crippen LogP contribution in [0.15, 0.2) is 79.4 Å². The van der Waals surface area contributed by atoms with Crippen LogP contribution in [-0.2, 0) is 11.3 Å². The standard InChI is InChI=1S/C24H26ClNO/c1-4-6-20(5-2)24-17-26(13-14-27-24)16-19-8-10-21(11-9-19)22-15-18(3)7-12-23(22)25/h4-12,15,24H,1-2,13-14,16-17H2,3H3/b20-6+/t24-/m1/s1. The minimum atomic E-state index is 0.0552. The fourth-order valence-electron chi connectivity index (χ4n) is 3.40. The molecule has 0 spiro atoms. The molecule has 0 aromatic heterocycles. The Morgan fingerprint density at radius 2 is 2.00 bits per heavy atom.